The highest BCUT2D eigenvalue weighted by molar-refractivity contribution is 5.92. The normalized spacial score (nSPS) is 28.4. The maximum Gasteiger partial charge on any atom is 0.238 e. The summed E-state index contributed by atoms with van der Waals surface area (Å²) in [7, 11) is 0. The molecule has 1 unspecified atom stereocenters. The van der Waals surface area contributed by atoms with Gasteiger partial charge in [0.25, 0.3) is 0 Å². The van der Waals surface area contributed by atoms with Crippen molar-refractivity contribution in [3.05, 3.63) is 29.8 Å². The van der Waals surface area contributed by atoms with E-state index in [4.69, 9.17) is 0 Å². The summed E-state index contributed by atoms with van der Waals surface area (Å²) in [6, 6.07) is 8.40. The fraction of sp³-hybridized carbons (Fsp3) is 0.562. The summed E-state index contributed by atoms with van der Waals surface area (Å²) in [5, 5.41) is 6.37. The van der Waals surface area contributed by atoms with Gasteiger partial charge in [-0.15, -0.1) is 0 Å². The monoisotopic (exact) mass is 273 g/mol. The van der Waals surface area contributed by atoms with Crippen molar-refractivity contribution in [2.45, 2.75) is 25.8 Å². The third-order valence-electron chi connectivity index (χ3n) is 4.52. The summed E-state index contributed by atoms with van der Waals surface area (Å²) in [5.41, 5.74) is 2.07. The molecule has 3 aliphatic heterocycles. The Labute approximate surface area is 120 Å². The van der Waals surface area contributed by atoms with Crippen LogP contribution in [0.1, 0.15) is 18.4 Å². The molecule has 0 spiro atoms. The predicted octanol–water partition coefficient (Wildman–Crippen LogP) is 1.62. The van der Waals surface area contributed by atoms with Crippen LogP contribution in [0.15, 0.2) is 24.3 Å². The van der Waals surface area contributed by atoms with E-state index in [9.17, 15) is 4.79 Å². The Morgan fingerprint density at radius 3 is 2.55 bits per heavy atom. The quantitative estimate of drug-likeness (QED) is 0.876. The Morgan fingerprint density at radius 1 is 1.25 bits per heavy atom. The first-order chi connectivity index (χ1) is 9.70. The van der Waals surface area contributed by atoms with E-state index in [1.807, 2.05) is 31.2 Å². The van der Waals surface area contributed by atoms with Gasteiger partial charge in [-0.1, -0.05) is 17.7 Å². The van der Waals surface area contributed by atoms with Crippen LogP contribution in [0.25, 0.3) is 0 Å². The molecular formula is C16H23N3O. The van der Waals surface area contributed by atoms with Crippen LogP contribution in [0.2, 0.25) is 0 Å². The topological polar surface area (TPSA) is 44.4 Å². The van der Waals surface area contributed by atoms with Gasteiger partial charge >= 0.3 is 0 Å². The van der Waals surface area contributed by atoms with E-state index in [2.05, 4.69) is 15.5 Å². The molecule has 4 rings (SSSR count). The molecule has 1 atom stereocenters. The second-order valence-electron chi connectivity index (χ2n) is 6.04. The van der Waals surface area contributed by atoms with E-state index in [-0.39, 0.29) is 5.91 Å². The lowest BCUT2D eigenvalue weighted by atomic mass is 9.84. The lowest BCUT2D eigenvalue weighted by Crippen LogP contribution is -2.57. The van der Waals surface area contributed by atoms with E-state index in [1.165, 1.54) is 31.5 Å². The summed E-state index contributed by atoms with van der Waals surface area (Å²) in [6.07, 6.45) is 2.55. The highest BCUT2D eigenvalue weighted by Gasteiger charge is 2.33. The Balaban J connectivity index is 1.46. The minimum Gasteiger partial charge on any atom is -0.325 e. The third kappa shape index (κ3) is 3.19. The molecule has 3 saturated heterocycles. The number of fused-ring (bicyclic) bond motifs is 3. The molecule has 1 aromatic rings. The number of aryl methyl sites for hydroxylation is 1. The number of nitrogens with zero attached hydrogens (tertiary/aromatic N) is 1. The molecule has 3 heterocycles. The second-order valence-corrected chi connectivity index (χ2v) is 6.04. The zero-order valence-electron chi connectivity index (χ0n) is 12.1. The molecule has 1 amide bonds. The second kappa shape index (κ2) is 5.94. The van der Waals surface area contributed by atoms with E-state index in [1.54, 1.807) is 0 Å². The third-order valence-corrected chi connectivity index (χ3v) is 4.52. The Morgan fingerprint density at radius 2 is 1.95 bits per heavy atom. The van der Waals surface area contributed by atoms with Crippen LogP contribution in [0.3, 0.4) is 0 Å². The molecule has 3 fully saturated rings. The lowest BCUT2D eigenvalue weighted by Gasteiger charge is -2.45. The SMILES string of the molecule is Cc1ccc(NC(=O)CNC2CN3CCC2CC3)cc1. The Hall–Kier alpha value is -1.39. The highest BCUT2D eigenvalue weighted by atomic mass is 16.1. The smallest absolute Gasteiger partial charge is 0.238 e. The van der Waals surface area contributed by atoms with E-state index >= 15 is 0 Å². The molecule has 2 N–H and O–H groups in total. The first-order valence-corrected chi connectivity index (χ1v) is 7.53. The summed E-state index contributed by atoms with van der Waals surface area (Å²) >= 11 is 0. The van der Waals surface area contributed by atoms with Gasteiger partial charge in [0.15, 0.2) is 0 Å². The molecule has 4 heteroatoms. The molecule has 0 saturated carbocycles. The molecule has 0 aromatic heterocycles. The van der Waals surface area contributed by atoms with Crippen molar-refractivity contribution in [1.82, 2.24) is 10.2 Å². The van der Waals surface area contributed by atoms with Gasteiger partial charge in [0.05, 0.1) is 6.54 Å². The van der Waals surface area contributed by atoms with Crippen molar-refractivity contribution in [1.29, 1.82) is 0 Å². The number of hydrogen-bond acceptors (Lipinski definition) is 3. The number of hydrogen-bond donors (Lipinski definition) is 2. The van der Waals surface area contributed by atoms with Gasteiger partial charge < -0.3 is 15.5 Å². The summed E-state index contributed by atoms with van der Waals surface area (Å²) in [5.74, 6) is 0.803. The van der Waals surface area contributed by atoms with Gasteiger partial charge in [0.1, 0.15) is 0 Å². The zero-order chi connectivity index (χ0) is 13.9. The van der Waals surface area contributed by atoms with Gasteiger partial charge in [0.2, 0.25) is 5.91 Å². The molecular weight excluding hydrogens is 250 g/mol. The van der Waals surface area contributed by atoms with Crippen molar-refractivity contribution >= 4 is 11.6 Å². The number of anilines is 1. The summed E-state index contributed by atoms with van der Waals surface area (Å²) < 4.78 is 0. The number of rotatable bonds is 4. The van der Waals surface area contributed by atoms with Gasteiger partial charge in [-0.05, 0) is 50.9 Å². The van der Waals surface area contributed by atoms with Crippen molar-refractivity contribution in [3.63, 3.8) is 0 Å². The van der Waals surface area contributed by atoms with Crippen LogP contribution in [-0.4, -0.2) is 43.0 Å². The molecule has 0 aliphatic carbocycles. The molecule has 1 aromatic carbocycles. The molecule has 20 heavy (non-hydrogen) atoms. The van der Waals surface area contributed by atoms with Crippen molar-refractivity contribution in [2.24, 2.45) is 5.92 Å². The first kappa shape index (κ1) is 13.6. The number of carbonyl (C=O) groups excluding carboxylic acids is 1. The molecule has 0 radical (unpaired) electrons. The zero-order valence-corrected chi connectivity index (χ0v) is 12.1. The van der Waals surface area contributed by atoms with Crippen LogP contribution < -0.4 is 10.6 Å². The Bertz CT molecular complexity index is 463. The van der Waals surface area contributed by atoms with Crippen LogP contribution >= 0.6 is 0 Å². The van der Waals surface area contributed by atoms with Gasteiger partial charge in [-0.2, -0.15) is 0 Å². The van der Waals surface area contributed by atoms with Crippen molar-refractivity contribution in [3.8, 4) is 0 Å². The maximum atomic E-state index is 12.0. The van der Waals surface area contributed by atoms with E-state index < -0.39 is 0 Å². The molecule has 4 nitrogen and oxygen atoms in total. The van der Waals surface area contributed by atoms with Crippen LogP contribution in [-0.2, 0) is 4.79 Å². The average Bonchev–Trinajstić information content (AvgIpc) is 2.49. The Kier molecular flexibility index (Phi) is 4.03. The molecule has 2 bridgehead atoms. The van der Waals surface area contributed by atoms with Crippen molar-refractivity contribution in [2.75, 3.05) is 31.5 Å². The maximum absolute atomic E-state index is 12.0. The van der Waals surface area contributed by atoms with Gasteiger partial charge in [-0.25, -0.2) is 0 Å². The van der Waals surface area contributed by atoms with E-state index in [0.717, 1.165) is 18.2 Å². The average molecular weight is 273 g/mol. The first-order valence-electron chi connectivity index (χ1n) is 7.53. The number of benzene rings is 1. The summed E-state index contributed by atoms with van der Waals surface area (Å²) in [4.78, 5) is 14.5. The fourth-order valence-electron chi connectivity index (χ4n) is 3.26. The highest BCUT2D eigenvalue weighted by Crippen LogP contribution is 2.27. The predicted molar refractivity (Wildman–Crippen MR) is 80.8 cm³/mol. The number of piperidine rings is 3. The molecule has 108 valence electrons. The van der Waals surface area contributed by atoms with Crippen LogP contribution in [0.5, 0.6) is 0 Å². The van der Waals surface area contributed by atoms with Crippen molar-refractivity contribution < 1.29 is 4.79 Å². The lowest BCUT2D eigenvalue weighted by molar-refractivity contribution is -0.115. The number of carbonyl (C=O) groups is 1. The number of amides is 1. The molecule has 3 aliphatic rings. The van der Waals surface area contributed by atoms with Crippen LogP contribution in [0.4, 0.5) is 5.69 Å². The minimum absolute atomic E-state index is 0.0466. The number of nitrogens with one attached hydrogen (secondary N) is 2. The van der Waals surface area contributed by atoms with E-state index in [0.29, 0.717) is 12.6 Å². The minimum atomic E-state index is 0.0466. The van der Waals surface area contributed by atoms with Crippen LogP contribution in [0, 0.1) is 12.8 Å². The summed E-state index contributed by atoms with van der Waals surface area (Å²) in [6.45, 7) is 6.02. The van der Waals surface area contributed by atoms with Gasteiger partial charge in [-0.3, -0.25) is 4.79 Å². The largest absolute Gasteiger partial charge is 0.325 e. The standard InChI is InChI=1S/C16H23N3O/c1-12-2-4-14(5-3-12)18-16(20)10-17-15-11-19-8-6-13(15)7-9-19/h2-5,13,15,17H,6-11H2,1H3,(H,18,20). The fourth-order valence-corrected chi connectivity index (χ4v) is 3.26. The van der Waals surface area contributed by atoms with Gasteiger partial charge in [0, 0.05) is 18.3 Å².